The van der Waals surface area contributed by atoms with Gasteiger partial charge in [0.1, 0.15) is 5.75 Å². The van der Waals surface area contributed by atoms with Gasteiger partial charge in [-0.25, -0.2) is 4.79 Å². The van der Waals surface area contributed by atoms with E-state index in [4.69, 9.17) is 4.74 Å². The van der Waals surface area contributed by atoms with Gasteiger partial charge in [0, 0.05) is 18.8 Å². The maximum atomic E-state index is 12.1. The molecule has 1 rings (SSSR count). The molecule has 0 saturated heterocycles. The molecule has 0 unspecified atom stereocenters. The summed E-state index contributed by atoms with van der Waals surface area (Å²) in [6, 6.07) is 7.45. The Hall–Kier alpha value is -1.71. The summed E-state index contributed by atoms with van der Waals surface area (Å²) in [4.78, 5) is 14.0. The van der Waals surface area contributed by atoms with Crippen LogP contribution < -0.4 is 10.1 Å². The van der Waals surface area contributed by atoms with E-state index in [1.165, 1.54) is 0 Å². The average molecular weight is 278 g/mol. The molecule has 0 fully saturated rings. The van der Waals surface area contributed by atoms with Crippen molar-refractivity contribution in [3.05, 3.63) is 24.3 Å². The van der Waals surface area contributed by atoms with Crippen molar-refractivity contribution in [3.8, 4) is 5.75 Å². The molecule has 20 heavy (non-hydrogen) atoms. The van der Waals surface area contributed by atoms with Crippen molar-refractivity contribution in [1.82, 2.24) is 4.90 Å². The fourth-order valence-electron chi connectivity index (χ4n) is 1.95. The highest BCUT2D eigenvalue weighted by atomic mass is 16.5. The summed E-state index contributed by atoms with van der Waals surface area (Å²) in [6.45, 7) is 9.70. The van der Waals surface area contributed by atoms with Gasteiger partial charge >= 0.3 is 6.03 Å². The van der Waals surface area contributed by atoms with Crippen LogP contribution in [0, 0.1) is 0 Å². The summed E-state index contributed by atoms with van der Waals surface area (Å²) in [5.74, 6) is 0.817. The van der Waals surface area contributed by atoms with Gasteiger partial charge in [0.05, 0.1) is 6.10 Å². The topological polar surface area (TPSA) is 41.6 Å². The summed E-state index contributed by atoms with van der Waals surface area (Å²) in [7, 11) is 0. The third-order valence-electron chi connectivity index (χ3n) is 2.75. The van der Waals surface area contributed by atoms with Crippen molar-refractivity contribution in [1.29, 1.82) is 0 Å². The van der Waals surface area contributed by atoms with Gasteiger partial charge in [-0.05, 0) is 51.0 Å². The van der Waals surface area contributed by atoms with Crippen LogP contribution in [0.2, 0.25) is 0 Å². The molecule has 0 radical (unpaired) electrons. The zero-order valence-electron chi connectivity index (χ0n) is 13.0. The van der Waals surface area contributed by atoms with E-state index >= 15 is 0 Å². The van der Waals surface area contributed by atoms with Crippen LogP contribution in [-0.2, 0) is 0 Å². The number of nitrogens with zero attached hydrogens (tertiary/aromatic N) is 1. The van der Waals surface area contributed by atoms with Gasteiger partial charge in [0.2, 0.25) is 0 Å². The minimum atomic E-state index is -0.0359. The summed E-state index contributed by atoms with van der Waals surface area (Å²) < 4.78 is 5.58. The molecule has 0 saturated carbocycles. The Morgan fingerprint density at radius 1 is 1.15 bits per heavy atom. The first-order chi connectivity index (χ1) is 9.56. The zero-order chi connectivity index (χ0) is 15.0. The van der Waals surface area contributed by atoms with E-state index in [-0.39, 0.29) is 12.1 Å². The Labute approximate surface area is 122 Å². The van der Waals surface area contributed by atoms with Gasteiger partial charge in [0.15, 0.2) is 0 Å². The molecule has 4 nitrogen and oxygen atoms in total. The van der Waals surface area contributed by atoms with Gasteiger partial charge in [-0.1, -0.05) is 13.8 Å². The highest BCUT2D eigenvalue weighted by Crippen LogP contribution is 2.17. The molecule has 0 aromatic heterocycles. The number of hydrogen-bond acceptors (Lipinski definition) is 2. The summed E-state index contributed by atoms with van der Waals surface area (Å²) in [5, 5.41) is 2.92. The van der Waals surface area contributed by atoms with E-state index < -0.39 is 0 Å². The third kappa shape index (κ3) is 5.51. The van der Waals surface area contributed by atoms with Crippen molar-refractivity contribution < 1.29 is 9.53 Å². The lowest BCUT2D eigenvalue weighted by molar-refractivity contribution is 0.211. The zero-order valence-corrected chi connectivity index (χ0v) is 13.0. The number of carbonyl (C=O) groups excluding carboxylic acids is 1. The minimum Gasteiger partial charge on any atom is -0.491 e. The molecule has 0 atom stereocenters. The van der Waals surface area contributed by atoms with E-state index in [0.29, 0.717) is 0 Å². The lowest BCUT2D eigenvalue weighted by Crippen LogP contribution is -2.36. The predicted molar refractivity (Wildman–Crippen MR) is 83.4 cm³/mol. The van der Waals surface area contributed by atoms with E-state index in [0.717, 1.165) is 37.4 Å². The van der Waals surface area contributed by atoms with Gasteiger partial charge < -0.3 is 15.0 Å². The smallest absolute Gasteiger partial charge is 0.321 e. The van der Waals surface area contributed by atoms with Gasteiger partial charge in [-0.2, -0.15) is 0 Å². The monoisotopic (exact) mass is 278 g/mol. The minimum absolute atomic E-state index is 0.0359. The van der Waals surface area contributed by atoms with Crippen LogP contribution in [0.15, 0.2) is 24.3 Å². The van der Waals surface area contributed by atoms with Crippen LogP contribution in [0.1, 0.15) is 40.5 Å². The fourth-order valence-corrected chi connectivity index (χ4v) is 1.95. The number of benzene rings is 1. The Morgan fingerprint density at radius 3 is 2.15 bits per heavy atom. The molecule has 0 bridgehead atoms. The highest BCUT2D eigenvalue weighted by Gasteiger charge is 2.11. The number of urea groups is 1. The molecule has 1 N–H and O–H groups in total. The quantitative estimate of drug-likeness (QED) is 0.815. The first-order valence-corrected chi connectivity index (χ1v) is 7.39. The van der Waals surface area contributed by atoms with Crippen molar-refractivity contribution in [2.45, 2.75) is 46.6 Å². The summed E-state index contributed by atoms with van der Waals surface area (Å²) in [6.07, 6.45) is 2.09. The number of rotatable bonds is 7. The second-order valence-corrected chi connectivity index (χ2v) is 5.11. The molecule has 0 aliphatic heterocycles. The first kappa shape index (κ1) is 16.3. The maximum absolute atomic E-state index is 12.1. The Balaban J connectivity index is 2.60. The predicted octanol–water partition coefficient (Wildman–Crippen LogP) is 4.13. The van der Waals surface area contributed by atoms with Crippen molar-refractivity contribution in [2.75, 3.05) is 18.4 Å². The van der Waals surface area contributed by atoms with E-state index in [1.54, 1.807) is 0 Å². The van der Waals surface area contributed by atoms with E-state index in [2.05, 4.69) is 19.2 Å². The summed E-state index contributed by atoms with van der Waals surface area (Å²) in [5.41, 5.74) is 0.795. The van der Waals surface area contributed by atoms with Crippen LogP contribution in [0.3, 0.4) is 0 Å². The molecule has 112 valence electrons. The largest absolute Gasteiger partial charge is 0.491 e. The number of amides is 2. The van der Waals surface area contributed by atoms with Crippen LogP contribution in [0.5, 0.6) is 5.75 Å². The molecule has 0 aliphatic rings. The Bertz CT molecular complexity index is 395. The average Bonchev–Trinajstić information content (AvgIpc) is 2.40. The first-order valence-electron chi connectivity index (χ1n) is 7.39. The SMILES string of the molecule is CCCN(CCC)C(=O)Nc1ccc(OC(C)C)cc1. The second-order valence-electron chi connectivity index (χ2n) is 5.11. The molecule has 1 aromatic carbocycles. The van der Waals surface area contributed by atoms with Crippen LogP contribution in [-0.4, -0.2) is 30.1 Å². The second kappa shape index (κ2) is 8.46. The Morgan fingerprint density at radius 2 is 1.70 bits per heavy atom. The molecule has 0 aliphatic carbocycles. The van der Waals surface area contributed by atoms with Crippen molar-refractivity contribution >= 4 is 11.7 Å². The van der Waals surface area contributed by atoms with Crippen LogP contribution in [0.25, 0.3) is 0 Å². The highest BCUT2D eigenvalue weighted by molar-refractivity contribution is 5.89. The third-order valence-corrected chi connectivity index (χ3v) is 2.75. The fraction of sp³-hybridized carbons (Fsp3) is 0.562. The number of ether oxygens (including phenoxy) is 1. The molecular formula is C16H26N2O2. The molecule has 0 heterocycles. The van der Waals surface area contributed by atoms with Crippen LogP contribution in [0.4, 0.5) is 10.5 Å². The number of hydrogen-bond donors (Lipinski definition) is 1. The van der Waals surface area contributed by atoms with Crippen molar-refractivity contribution in [3.63, 3.8) is 0 Å². The van der Waals surface area contributed by atoms with Gasteiger partial charge in [0.25, 0.3) is 0 Å². The molecular weight excluding hydrogens is 252 g/mol. The Kier molecular flexibility index (Phi) is 6.91. The molecule has 2 amide bonds. The number of carbonyl (C=O) groups is 1. The van der Waals surface area contributed by atoms with Crippen molar-refractivity contribution in [2.24, 2.45) is 0 Å². The molecule has 4 heteroatoms. The lowest BCUT2D eigenvalue weighted by atomic mass is 10.3. The standard InChI is InChI=1S/C16H26N2O2/c1-5-11-18(12-6-2)16(19)17-14-7-9-15(10-8-14)20-13(3)4/h7-10,13H,5-6,11-12H2,1-4H3,(H,17,19). The number of anilines is 1. The lowest BCUT2D eigenvalue weighted by Gasteiger charge is -2.22. The van der Waals surface area contributed by atoms with E-state index in [9.17, 15) is 4.79 Å². The summed E-state index contributed by atoms with van der Waals surface area (Å²) >= 11 is 0. The maximum Gasteiger partial charge on any atom is 0.321 e. The van der Waals surface area contributed by atoms with E-state index in [1.807, 2.05) is 43.0 Å². The normalized spacial score (nSPS) is 10.4. The molecule has 1 aromatic rings. The number of nitrogens with one attached hydrogen (secondary N) is 1. The van der Waals surface area contributed by atoms with Gasteiger partial charge in [-0.3, -0.25) is 0 Å². The van der Waals surface area contributed by atoms with Crippen LogP contribution >= 0.6 is 0 Å². The molecule has 0 spiro atoms. The van der Waals surface area contributed by atoms with Gasteiger partial charge in [-0.15, -0.1) is 0 Å².